The lowest BCUT2D eigenvalue weighted by molar-refractivity contribution is 0.601. The molecule has 0 aliphatic carbocycles. The molecular formula is C18H14Cl2N2O2S. The van der Waals surface area contributed by atoms with Crippen molar-refractivity contribution in [2.45, 2.75) is 11.8 Å². The van der Waals surface area contributed by atoms with Gasteiger partial charge in [-0.1, -0.05) is 47.5 Å². The quantitative estimate of drug-likeness (QED) is 0.666. The van der Waals surface area contributed by atoms with Crippen LogP contribution in [0.1, 0.15) is 5.56 Å². The first-order valence-corrected chi connectivity index (χ1v) is 9.61. The highest BCUT2D eigenvalue weighted by Crippen LogP contribution is 2.30. The summed E-state index contributed by atoms with van der Waals surface area (Å²) >= 11 is 12.1. The molecular weight excluding hydrogens is 379 g/mol. The van der Waals surface area contributed by atoms with Crippen LogP contribution in [0.15, 0.2) is 65.7 Å². The van der Waals surface area contributed by atoms with Crippen molar-refractivity contribution in [3.05, 3.63) is 76.4 Å². The summed E-state index contributed by atoms with van der Waals surface area (Å²) in [5.74, 6) is 0.230. The predicted octanol–water partition coefficient (Wildman–Crippen LogP) is 5.16. The number of halogens is 2. The minimum Gasteiger partial charge on any atom is -0.263 e. The van der Waals surface area contributed by atoms with Crippen molar-refractivity contribution in [2.24, 2.45) is 0 Å². The van der Waals surface area contributed by atoms with Crippen molar-refractivity contribution in [3.8, 4) is 11.1 Å². The van der Waals surface area contributed by atoms with Crippen LogP contribution in [-0.2, 0) is 10.0 Å². The van der Waals surface area contributed by atoms with Crippen LogP contribution >= 0.6 is 23.2 Å². The van der Waals surface area contributed by atoms with Gasteiger partial charge in [0.1, 0.15) is 5.82 Å². The number of aryl methyl sites for hydroxylation is 1. The maximum atomic E-state index is 12.4. The lowest BCUT2D eigenvalue weighted by atomic mass is 10.0. The molecule has 0 unspecified atom stereocenters. The van der Waals surface area contributed by atoms with E-state index >= 15 is 0 Å². The number of nitrogens with one attached hydrogen (secondary N) is 1. The van der Waals surface area contributed by atoms with Gasteiger partial charge in [0, 0.05) is 27.4 Å². The molecule has 1 heterocycles. The van der Waals surface area contributed by atoms with E-state index in [4.69, 9.17) is 23.2 Å². The molecule has 0 saturated heterocycles. The highest BCUT2D eigenvalue weighted by atomic mass is 35.5. The van der Waals surface area contributed by atoms with Crippen molar-refractivity contribution in [3.63, 3.8) is 0 Å². The Morgan fingerprint density at radius 3 is 2.40 bits per heavy atom. The molecule has 0 fully saturated rings. The average Bonchev–Trinajstić information content (AvgIpc) is 2.56. The summed E-state index contributed by atoms with van der Waals surface area (Å²) in [7, 11) is -3.76. The number of benzene rings is 2. The van der Waals surface area contributed by atoms with Crippen LogP contribution in [0.5, 0.6) is 0 Å². The first-order chi connectivity index (χ1) is 11.9. The molecule has 2 aromatic carbocycles. The summed E-state index contributed by atoms with van der Waals surface area (Å²) in [5, 5.41) is 0.959. The summed E-state index contributed by atoms with van der Waals surface area (Å²) in [4.78, 5) is 4.29. The van der Waals surface area contributed by atoms with Gasteiger partial charge < -0.3 is 0 Å². The number of rotatable bonds is 4. The zero-order chi connectivity index (χ0) is 18.0. The second kappa shape index (κ2) is 7.04. The van der Waals surface area contributed by atoms with Crippen LogP contribution in [0.25, 0.3) is 11.1 Å². The van der Waals surface area contributed by atoms with Crippen LogP contribution in [0.2, 0.25) is 10.0 Å². The van der Waals surface area contributed by atoms with E-state index in [0.717, 1.165) is 16.7 Å². The van der Waals surface area contributed by atoms with Crippen LogP contribution < -0.4 is 4.72 Å². The third kappa shape index (κ3) is 3.95. The standard InChI is InChI=1S/C18H14Cl2N2O2S/c1-12-9-18(21-11-16(12)15-7-2-3-8-17(15)20)22-25(23,24)14-6-4-5-13(19)10-14/h2-11H,1H3,(H,21,22). The van der Waals surface area contributed by atoms with E-state index in [-0.39, 0.29) is 10.7 Å². The molecule has 128 valence electrons. The van der Waals surface area contributed by atoms with Crippen molar-refractivity contribution in [1.29, 1.82) is 0 Å². The normalized spacial score (nSPS) is 11.3. The maximum Gasteiger partial charge on any atom is 0.263 e. The molecule has 1 N–H and O–H groups in total. The molecule has 1 aromatic heterocycles. The summed E-state index contributed by atoms with van der Waals surface area (Å²) in [6.07, 6.45) is 1.60. The highest BCUT2D eigenvalue weighted by molar-refractivity contribution is 7.92. The van der Waals surface area contributed by atoms with E-state index in [0.29, 0.717) is 10.0 Å². The van der Waals surface area contributed by atoms with Gasteiger partial charge in [-0.25, -0.2) is 13.4 Å². The fourth-order valence-electron chi connectivity index (χ4n) is 2.40. The number of sulfonamides is 1. The van der Waals surface area contributed by atoms with Gasteiger partial charge in [0.05, 0.1) is 4.90 Å². The van der Waals surface area contributed by atoms with E-state index in [9.17, 15) is 8.42 Å². The van der Waals surface area contributed by atoms with Gasteiger partial charge in [-0.3, -0.25) is 4.72 Å². The Balaban J connectivity index is 1.93. The Labute approximate surface area is 156 Å². The number of nitrogens with zero attached hydrogens (tertiary/aromatic N) is 1. The van der Waals surface area contributed by atoms with E-state index in [1.165, 1.54) is 12.1 Å². The molecule has 0 saturated carbocycles. The van der Waals surface area contributed by atoms with Gasteiger partial charge in [0.2, 0.25) is 0 Å². The minimum absolute atomic E-state index is 0.0784. The zero-order valence-electron chi connectivity index (χ0n) is 13.2. The van der Waals surface area contributed by atoms with Gasteiger partial charge >= 0.3 is 0 Å². The SMILES string of the molecule is Cc1cc(NS(=O)(=O)c2cccc(Cl)c2)ncc1-c1ccccc1Cl. The molecule has 3 aromatic rings. The van der Waals surface area contributed by atoms with Gasteiger partial charge in [-0.05, 0) is 42.8 Å². The number of hydrogen-bond donors (Lipinski definition) is 1. The summed E-state index contributed by atoms with van der Waals surface area (Å²) in [5.41, 5.74) is 2.54. The van der Waals surface area contributed by atoms with Gasteiger partial charge in [0.15, 0.2) is 0 Å². The molecule has 25 heavy (non-hydrogen) atoms. The Morgan fingerprint density at radius 2 is 1.72 bits per heavy atom. The third-order valence-corrected chi connectivity index (χ3v) is 5.54. The first-order valence-electron chi connectivity index (χ1n) is 7.37. The van der Waals surface area contributed by atoms with Crippen molar-refractivity contribution >= 4 is 39.0 Å². The molecule has 0 spiro atoms. The van der Waals surface area contributed by atoms with Gasteiger partial charge in [-0.2, -0.15) is 0 Å². The van der Waals surface area contributed by atoms with Gasteiger partial charge in [0.25, 0.3) is 10.0 Å². The zero-order valence-corrected chi connectivity index (χ0v) is 15.5. The molecule has 0 amide bonds. The van der Waals surface area contributed by atoms with Crippen molar-refractivity contribution in [1.82, 2.24) is 4.98 Å². The van der Waals surface area contributed by atoms with E-state index < -0.39 is 10.0 Å². The number of pyridine rings is 1. The fourth-order valence-corrected chi connectivity index (χ4v) is 3.94. The number of anilines is 1. The Kier molecular flexibility index (Phi) is 4.99. The molecule has 0 bridgehead atoms. The van der Waals surface area contributed by atoms with E-state index in [1.54, 1.807) is 30.5 Å². The highest BCUT2D eigenvalue weighted by Gasteiger charge is 2.16. The smallest absolute Gasteiger partial charge is 0.263 e. The topological polar surface area (TPSA) is 59.1 Å². The minimum atomic E-state index is -3.76. The monoisotopic (exact) mass is 392 g/mol. The van der Waals surface area contributed by atoms with Crippen LogP contribution in [0, 0.1) is 6.92 Å². The maximum absolute atomic E-state index is 12.4. The van der Waals surface area contributed by atoms with Crippen molar-refractivity contribution < 1.29 is 8.42 Å². The number of aromatic nitrogens is 1. The Bertz CT molecular complexity index is 1040. The molecule has 4 nitrogen and oxygen atoms in total. The fraction of sp³-hybridized carbons (Fsp3) is 0.0556. The van der Waals surface area contributed by atoms with E-state index in [2.05, 4.69) is 9.71 Å². The molecule has 7 heteroatoms. The third-order valence-electron chi connectivity index (χ3n) is 3.62. The van der Waals surface area contributed by atoms with Gasteiger partial charge in [-0.15, -0.1) is 0 Å². The van der Waals surface area contributed by atoms with E-state index in [1.807, 2.05) is 25.1 Å². The molecule has 0 atom stereocenters. The lowest BCUT2D eigenvalue weighted by Gasteiger charge is -2.11. The summed E-state index contributed by atoms with van der Waals surface area (Å²) < 4.78 is 27.4. The van der Waals surface area contributed by atoms with Crippen LogP contribution in [0.4, 0.5) is 5.82 Å². The second-order valence-corrected chi connectivity index (χ2v) is 7.95. The van der Waals surface area contributed by atoms with Crippen molar-refractivity contribution in [2.75, 3.05) is 4.72 Å². The average molecular weight is 393 g/mol. The Hall–Kier alpha value is -2.08. The summed E-state index contributed by atoms with van der Waals surface area (Å²) in [6, 6.07) is 15.1. The second-order valence-electron chi connectivity index (χ2n) is 5.43. The molecule has 0 aliphatic rings. The first kappa shape index (κ1) is 17.7. The van der Waals surface area contributed by atoms with Crippen LogP contribution in [-0.4, -0.2) is 13.4 Å². The Morgan fingerprint density at radius 1 is 0.960 bits per heavy atom. The molecule has 0 aliphatic heterocycles. The predicted molar refractivity (Wildman–Crippen MR) is 102 cm³/mol. The number of hydrogen-bond acceptors (Lipinski definition) is 3. The molecule has 3 rings (SSSR count). The van der Waals surface area contributed by atoms with Crippen LogP contribution in [0.3, 0.4) is 0 Å². The summed E-state index contributed by atoms with van der Waals surface area (Å²) in [6.45, 7) is 1.87. The molecule has 0 radical (unpaired) electrons. The lowest BCUT2D eigenvalue weighted by Crippen LogP contribution is -2.14. The largest absolute Gasteiger partial charge is 0.263 e.